The zero-order valence-electron chi connectivity index (χ0n) is 25.3. The lowest BCUT2D eigenvalue weighted by Crippen LogP contribution is -2.05. The van der Waals surface area contributed by atoms with Crippen LogP contribution >= 0.6 is 0 Å². The molecular formula is C42H28N4O. The third-order valence-corrected chi connectivity index (χ3v) is 8.27. The summed E-state index contributed by atoms with van der Waals surface area (Å²) in [6, 6.07) is 52.5. The largest absolute Gasteiger partial charge is 0.436 e. The number of amidine groups is 2. The van der Waals surface area contributed by atoms with Crippen molar-refractivity contribution in [1.29, 1.82) is 5.41 Å². The molecule has 0 saturated heterocycles. The average Bonchev–Trinajstić information content (AvgIpc) is 3.59. The Bertz CT molecular complexity index is 2460. The number of aliphatic imine (C=N–C) groups is 2. The van der Waals surface area contributed by atoms with Gasteiger partial charge in [0.1, 0.15) is 5.52 Å². The maximum Gasteiger partial charge on any atom is 0.227 e. The number of hydrogen-bond donors (Lipinski definition) is 1. The average molecular weight is 605 g/mol. The first-order valence-electron chi connectivity index (χ1n) is 15.4. The molecule has 8 aromatic rings. The maximum absolute atomic E-state index is 9.12. The molecule has 0 aliphatic rings. The summed E-state index contributed by atoms with van der Waals surface area (Å²) in [6.07, 6.45) is 1.79. The fraction of sp³-hybridized carbons (Fsp3) is 0. The van der Waals surface area contributed by atoms with Crippen LogP contribution < -0.4 is 0 Å². The molecule has 5 heteroatoms. The fourth-order valence-corrected chi connectivity index (χ4v) is 5.94. The first-order valence-corrected chi connectivity index (χ1v) is 15.4. The Labute approximate surface area is 271 Å². The van der Waals surface area contributed by atoms with Crippen LogP contribution in [0.4, 0.5) is 0 Å². The van der Waals surface area contributed by atoms with Crippen molar-refractivity contribution in [3.05, 3.63) is 174 Å². The maximum atomic E-state index is 9.12. The standard InChI is InChI=1S/C42H28N4O/c43-40(46-41(29-14-6-2-7-15-29)44-27-28-12-4-1-5-13-28)37-24-23-33(35-18-10-11-19-36(35)37)31-20-22-34-32(26-31)21-25-38-39(34)45-42(47-38)30-16-8-3-9-17-30/h1-27,43H. The highest BCUT2D eigenvalue weighted by Gasteiger charge is 2.15. The van der Waals surface area contributed by atoms with Gasteiger partial charge in [-0.3, -0.25) is 5.41 Å². The second-order valence-electron chi connectivity index (χ2n) is 11.3. The Morgan fingerprint density at radius 2 is 1.32 bits per heavy atom. The van der Waals surface area contributed by atoms with Gasteiger partial charge in [-0.15, -0.1) is 0 Å². The first kappa shape index (κ1) is 28.0. The van der Waals surface area contributed by atoms with E-state index >= 15 is 0 Å². The Hall–Kier alpha value is -6.46. The fourth-order valence-electron chi connectivity index (χ4n) is 5.94. The van der Waals surface area contributed by atoms with Gasteiger partial charge in [0, 0.05) is 28.3 Å². The zero-order chi connectivity index (χ0) is 31.6. The van der Waals surface area contributed by atoms with Crippen molar-refractivity contribution in [3.8, 4) is 22.6 Å². The van der Waals surface area contributed by atoms with Crippen molar-refractivity contribution in [1.82, 2.24) is 4.98 Å². The van der Waals surface area contributed by atoms with Crippen molar-refractivity contribution in [3.63, 3.8) is 0 Å². The molecule has 0 bridgehead atoms. The van der Waals surface area contributed by atoms with E-state index in [-0.39, 0.29) is 5.84 Å². The van der Waals surface area contributed by atoms with Crippen LogP contribution in [0.5, 0.6) is 0 Å². The number of nitrogens with zero attached hydrogens (tertiary/aromatic N) is 3. The van der Waals surface area contributed by atoms with Crippen LogP contribution in [-0.4, -0.2) is 22.9 Å². The van der Waals surface area contributed by atoms with Gasteiger partial charge >= 0.3 is 0 Å². The van der Waals surface area contributed by atoms with Gasteiger partial charge in [0.2, 0.25) is 5.89 Å². The first-order chi connectivity index (χ1) is 23.2. The molecule has 8 rings (SSSR count). The normalized spacial score (nSPS) is 12.0. The number of benzene rings is 7. The summed E-state index contributed by atoms with van der Waals surface area (Å²) >= 11 is 0. The third kappa shape index (κ3) is 5.51. The zero-order valence-corrected chi connectivity index (χ0v) is 25.3. The van der Waals surface area contributed by atoms with Crippen molar-refractivity contribution < 1.29 is 4.42 Å². The minimum atomic E-state index is 0.151. The molecular weight excluding hydrogens is 576 g/mol. The number of rotatable bonds is 5. The van der Waals surface area contributed by atoms with Crippen LogP contribution in [-0.2, 0) is 0 Å². The van der Waals surface area contributed by atoms with E-state index in [0.717, 1.165) is 66.0 Å². The summed E-state index contributed by atoms with van der Waals surface area (Å²) < 4.78 is 6.11. The van der Waals surface area contributed by atoms with Crippen LogP contribution in [0, 0.1) is 5.41 Å². The quantitative estimate of drug-likeness (QED) is 0.157. The summed E-state index contributed by atoms with van der Waals surface area (Å²) in [5.74, 6) is 1.25. The lowest BCUT2D eigenvalue weighted by Gasteiger charge is -2.12. The molecule has 0 spiro atoms. The van der Waals surface area contributed by atoms with E-state index in [4.69, 9.17) is 24.8 Å². The summed E-state index contributed by atoms with van der Waals surface area (Å²) in [7, 11) is 0. The molecule has 47 heavy (non-hydrogen) atoms. The van der Waals surface area contributed by atoms with Gasteiger partial charge in [-0.1, -0.05) is 127 Å². The number of hydrogen-bond acceptors (Lipinski definition) is 3. The molecule has 1 aromatic heterocycles. The second kappa shape index (κ2) is 12.1. The molecule has 1 N–H and O–H groups in total. The van der Waals surface area contributed by atoms with Crippen molar-refractivity contribution >= 4 is 50.5 Å². The molecule has 0 fully saturated rings. The lowest BCUT2D eigenvalue weighted by molar-refractivity contribution is 0.620. The molecule has 0 unspecified atom stereocenters. The van der Waals surface area contributed by atoms with Crippen molar-refractivity contribution in [2.45, 2.75) is 0 Å². The van der Waals surface area contributed by atoms with Crippen LogP contribution in [0.3, 0.4) is 0 Å². The molecule has 0 atom stereocenters. The summed E-state index contributed by atoms with van der Waals surface area (Å²) in [5.41, 5.74) is 7.29. The van der Waals surface area contributed by atoms with E-state index in [1.807, 2.05) is 115 Å². The van der Waals surface area contributed by atoms with E-state index in [9.17, 15) is 0 Å². The molecule has 0 amide bonds. The summed E-state index contributed by atoms with van der Waals surface area (Å²) in [4.78, 5) is 14.3. The van der Waals surface area contributed by atoms with Crippen LogP contribution in [0.25, 0.3) is 55.2 Å². The van der Waals surface area contributed by atoms with Crippen LogP contribution in [0.15, 0.2) is 172 Å². The minimum Gasteiger partial charge on any atom is -0.436 e. The topological polar surface area (TPSA) is 74.6 Å². The van der Waals surface area contributed by atoms with E-state index < -0.39 is 0 Å². The van der Waals surface area contributed by atoms with Gasteiger partial charge in [0.25, 0.3) is 0 Å². The van der Waals surface area contributed by atoms with E-state index in [1.165, 1.54) is 0 Å². The highest BCUT2D eigenvalue weighted by molar-refractivity contribution is 6.18. The van der Waals surface area contributed by atoms with Crippen molar-refractivity contribution in [2.24, 2.45) is 9.98 Å². The molecule has 1 heterocycles. The molecule has 7 aromatic carbocycles. The number of aromatic nitrogens is 1. The third-order valence-electron chi connectivity index (χ3n) is 8.27. The van der Waals surface area contributed by atoms with E-state index in [0.29, 0.717) is 11.7 Å². The summed E-state index contributed by atoms with van der Waals surface area (Å²) in [5, 5.41) is 13.2. The van der Waals surface area contributed by atoms with E-state index in [1.54, 1.807) is 6.21 Å². The summed E-state index contributed by atoms with van der Waals surface area (Å²) in [6.45, 7) is 0. The lowest BCUT2D eigenvalue weighted by atomic mass is 9.93. The van der Waals surface area contributed by atoms with Gasteiger partial charge in [0.05, 0.1) is 0 Å². The Morgan fingerprint density at radius 3 is 2.11 bits per heavy atom. The molecule has 0 aliphatic heterocycles. The predicted octanol–water partition coefficient (Wildman–Crippen LogP) is 10.4. The smallest absolute Gasteiger partial charge is 0.227 e. The van der Waals surface area contributed by atoms with Crippen LogP contribution in [0.1, 0.15) is 16.7 Å². The van der Waals surface area contributed by atoms with Gasteiger partial charge in [0.15, 0.2) is 17.3 Å². The molecule has 0 aliphatic carbocycles. The van der Waals surface area contributed by atoms with Crippen LogP contribution in [0.2, 0.25) is 0 Å². The predicted molar refractivity (Wildman–Crippen MR) is 194 cm³/mol. The highest BCUT2D eigenvalue weighted by atomic mass is 16.3. The number of oxazole rings is 1. The van der Waals surface area contributed by atoms with Gasteiger partial charge < -0.3 is 4.42 Å². The molecule has 0 saturated carbocycles. The van der Waals surface area contributed by atoms with E-state index in [2.05, 4.69) is 42.5 Å². The Balaban J connectivity index is 1.18. The second-order valence-corrected chi connectivity index (χ2v) is 11.3. The Kier molecular flexibility index (Phi) is 7.25. The van der Waals surface area contributed by atoms with Gasteiger partial charge in [-0.25, -0.2) is 15.0 Å². The number of nitrogens with one attached hydrogen (secondary N) is 1. The SMILES string of the molecule is N=C(N=C(N=Cc1ccccc1)c1ccccc1)c1ccc(-c2ccc3c(ccc4oc(-c5ccccc5)nc43)c2)c2ccccc12. The van der Waals surface area contributed by atoms with Crippen molar-refractivity contribution in [2.75, 3.05) is 0 Å². The van der Waals surface area contributed by atoms with Gasteiger partial charge in [-0.05, 0) is 63.2 Å². The molecule has 5 nitrogen and oxygen atoms in total. The monoisotopic (exact) mass is 604 g/mol. The highest BCUT2D eigenvalue weighted by Crippen LogP contribution is 2.35. The number of fused-ring (bicyclic) bond motifs is 4. The Morgan fingerprint density at radius 1 is 0.617 bits per heavy atom. The molecule has 0 radical (unpaired) electrons. The molecule has 222 valence electrons. The van der Waals surface area contributed by atoms with Gasteiger partial charge in [-0.2, -0.15) is 0 Å². The minimum absolute atomic E-state index is 0.151.